The molecule has 0 bridgehead atoms. The van der Waals surface area contributed by atoms with Crippen molar-refractivity contribution in [1.82, 2.24) is 10.2 Å². The lowest BCUT2D eigenvalue weighted by Crippen LogP contribution is -2.63. The highest BCUT2D eigenvalue weighted by atomic mass is 19.4. The van der Waals surface area contributed by atoms with Crippen molar-refractivity contribution in [3.63, 3.8) is 0 Å². The van der Waals surface area contributed by atoms with Crippen LogP contribution < -0.4 is 5.32 Å². The van der Waals surface area contributed by atoms with Crippen LogP contribution in [0.4, 0.5) is 18.0 Å². The number of carbonyl (C=O) groups is 2. The summed E-state index contributed by atoms with van der Waals surface area (Å²) in [6, 6.07) is 7.47. The third kappa shape index (κ3) is 3.87. The standard InChI is InChI=1S/C13H15F3N2O3/c1-12(10(19)20,13(14,15)16)17-11(21)18(2)8-9-6-4-3-5-7-9/h3-7H,8H2,1-2H3,(H,17,21)(H,19,20). The van der Waals surface area contributed by atoms with Gasteiger partial charge in [-0.05, 0) is 12.5 Å². The molecule has 2 N–H and O–H groups in total. The Bertz CT molecular complexity index is 519. The molecule has 0 aromatic heterocycles. The number of hydrogen-bond donors (Lipinski definition) is 2. The molecule has 21 heavy (non-hydrogen) atoms. The molecule has 5 nitrogen and oxygen atoms in total. The molecule has 0 spiro atoms. The van der Waals surface area contributed by atoms with Crippen LogP contribution in [0.1, 0.15) is 12.5 Å². The average molecular weight is 304 g/mol. The molecule has 2 amide bonds. The summed E-state index contributed by atoms with van der Waals surface area (Å²) < 4.78 is 38.4. The number of rotatable bonds is 4. The maximum atomic E-state index is 12.8. The number of alkyl halides is 3. The summed E-state index contributed by atoms with van der Waals surface area (Å²) in [7, 11) is 1.28. The lowest BCUT2D eigenvalue weighted by atomic mass is 10.0. The lowest BCUT2D eigenvalue weighted by Gasteiger charge is -2.30. The first kappa shape index (κ1) is 16.8. The highest BCUT2D eigenvalue weighted by Gasteiger charge is 2.58. The van der Waals surface area contributed by atoms with E-state index >= 15 is 0 Å². The Labute approximate surface area is 119 Å². The van der Waals surface area contributed by atoms with E-state index in [9.17, 15) is 22.8 Å². The minimum Gasteiger partial charge on any atom is -0.479 e. The fourth-order valence-corrected chi connectivity index (χ4v) is 1.48. The van der Waals surface area contributed by atoms with Crippen LogP contribution in [0.25, 0.3) is 0 Å². The van der Waals surface area contributed by atoms with E-state index in [1.165, 1.54) is 12.4 Å². The van der Waals surface area contributed by atoms with Gasteiger partial charge in [-0.3, -0.25) is 0 Å². The fraction of sp³-hybridized carbons (Fsp3) is 0.385. The first-order valence-corrected chi connectivity index (χ1v) is 5.95. The van der Waals surface area contributed by atoms with Crippen molar-refractivity contribution >= 4 is 12.0 Å². The highest BCUT2D eigenvalue weighted by molar-refractivity contribution is 5.86. The Morgan fingerprint density at radius 3 is 2.19 bits per heavy atom. The first-order valence-electron chi connectivity index (χ1n) is 5.95. The molecule has 1 atom stereocenters. The molecule has 1 aromatic rings. The van der Waals surface area contributed by atoms with Crippen LogP contribution in [0.3, 0.4) is 0 Å². The number of aliphatic carboxylic acids is 1. The van der Waals surface area contributed by atoms with Gasteiger partial charge in [0, 0.05) is 13.6 Å². The summed E-state index contributed by atoms with van der Waals surface area (Å²) in [6.07, 6.45) is -5.11. The van der Waals surface area contributed by atoms with Crippen molar-refractivity contribution < 1.29 is 27.9 Å². The van der Waals surface area contributed by atoms with Gasteiger partial charge in [0.2, 0.25) is 5.54 Å². The number of hydrogen-bond acceptors (Lipinski definition) is 2. The van der Waals surface area contributed by atoms with Gasteiger partial charge in [-0.15, -0.1) is 0 Å². The number of amides is 2. The van der Waals surface area contributed by atoms with Crippen molar-refractivity contribution in [2.24, 2.45) is 0 Å². The minimum absolute atomic E-state index is 0.0558. The number of nitrogens with zero attached hydrogens (tertiary/aromatic N) is 1. The lowest BCUT2D eigenvalue weighted by molar-refractivity contribution is -0.203. The molecule has 8 heteroatoms. The normalized spacial score (nSPS) is 14.1. The summed E-state index contributed by atoms with van der Waals surface area (Å²) >= 11 is 0. The Balaban J connectivity index is 2.81. The van der Waals surface area contributed by atoms with E-state index in [2.05, 4.69) is 0 Å². The molecule has 0 heterocycles. The van der Waals surface area contributed by atoms with Gasteiger partial charge in [0.25, 0.3) is 0 Å². The van der Waals surface area contributed by atoms with Gasteiger partial charge in [0.1, 0.15) is 0 Å². The summed E-state index contributed by atoms with van der Waals surface area (Å²) in [5.74, 6) is -2.17. The number of carboxylic acid groups (broad SMARTS) is 1. The summed E-state index contributed by atoms with van der Waals surface area (Å²) in [6.45, 7) is 0.462. The van der Waals surface area contributed by atoms with E-state index in [1.54, 1.807) is 30.3 Å². The number of nitrogens with one attached hydrogen (secondary N) is 1. The number of halogens is 3. The molecule has 1 unspecified atom stereocenters. The van der Waals surface area contributed by atoms with E-state index in [0.29, 0.717) is 12.5 Å². The van der Waals surface area contributed by atoms with Crippen molar-refractivity contribution in [1.29, 1.82) is 0 Å². The van der Waals surface area contributed by atoms with Crippen LogP contribution in [0, 0.1) is 0 Å². The molecule has 0 fully saturated rings. The number of urea groups is 1. The predicted octanol–water partition coefficient (Wildman–Crippen LogP) is 2.23. The fourth-order valence-electron chi connectivity index (χ4n) is 1.48. The third-order valence-electron chi connectivity index (χ3n) is 2.96. The van der Waals surface area contributed by atoms with Gasteiger partial charge in [0.15, 0.2) is 0 Å². The van der Waals surface area contributed by atoms with Gasteiger partial charge in [-0.1, -0.05) is 30.3 Å². The van der Waals surface area contributed by atoms with Crippen LogP contribution in [0.15, 0.2) is 30.3 Å². The minimum atomic E-state index is -5.11. The molecule has 0 saturated carbocycles. The SMILES string of the molecule is CN(Cc1ccccc1)C(=O)NC(C)(C(=O)O)C(F)(F)F. The molecule has 0 aliphatic heterocycles. The molecule has 0 saturated heterocycles. The summed E-state index contributed by atoms with van der Waals surface area (Å²) in [4.78, 5) is 23.6. The van der Waals surface area contributed by atoms with Gasteiger partial charge >= 0.3 is 18.2 Å². The van der Waals surface area contributed by atoms with E-state index in [4.69, 9.17) is 5.11 Å². The van der Waals surface area contributed by atoms with Crippen LogP contribution >= 0.6 is 0 Å². The Kier molecular flexibility index (Phi) is 4.82. The maximum Gasteiger partial charge on any atom is 0.422 e. The van der Waals surface area contributed by atoms with Crippen LogP contribution in [0.2, 0.25) is 0 Å². The molecule has 116 valence electrons. The van der Waals surface area contributed by atoms with Crippen LogP contribution in [0.5, 0.6) is 0 Å². The van der Waals surface area contributed by atoms with Crippen molar-refractivity contribution in [3.8, 4) is 0 Å². The maximum absolute atomic E-state index is 12.8. The Hall–Kier alpha value is -2.25. The highest BCUT2D eigenvalue weighted by Crippen LogP contribution is 2.30. The number of carbonyl (C=O) groups excluding carboxylic acids is 1. The predicted molar refractivity (Wildman–Crippen MR) is 68.5 cm³/mol. The van der Waals surface area contributed by atoms with E-state index in [-0.39, 0.29) is 6.54 Å². The first-order chi connectivity index (χ1) is 9.58. The van der Waals surface area contributed by atoms with Crippen molar-refractivity contribution in [2.45, 2.75) is 25.2 Å². The van der Waals surface area contributed by atoms with Gasteiger partial charge < -0.3 is 15.3 Å². The smallest absolute Gasteiger partial charge is 0.422 e. The number of benzene rings is 1. The average Bonchev–Trinajstić information content (AvgIpc) is 2.38. The zero-order valence-corrected chi connectivity index (χ0v) is 11.4. The second-order valence-electron chi connectivity index (χ2n) is 4.70. The second kappa shape index (κ2) is 6.02. The molecule has 0 radical (unpaired) electrons. The number of carboxylic acids is 1. The Morgan fingerprint density at radius 1 is 1.24 bits per heavy atom. The molecule has 1 rings (SSSR count). The van der Waals surface area contributed by atoms with Gasteiger partial charge in [0.05, 0.1) is 0 Å². The van der Waals surface area contributed by atoms with E-state index < -0.39 is 23.7 Å². The summed E-state index contributed by atoms with van der Waals surface area (Å²) in [5.41, 5.74) is -2.63. The molecular weight excluding hydrogens is 289 g/mol. The van der Waals surface area contributed by atoms with Gasteiger partial charge in [-0.25, -0.2) is 9.59 Å². The van der Waals surface area contributed by atoms with E-state index in [1.807, 2.05) is 0 Å². The van der Waals surface area contributed by atoms with E-state index in [0.717, 1.165) is 4.90 Å². The quantitative estimate of drug-likeness (QED) is 0.896. The molecule has 0 aliphatic rings. The van der Waals surface area contributed by atoms with Crippen LogP contribution in [-0.4, -0.2) is 40.8 Å². The largest absolute Gasteiger partial charge is 0.479 e. The molecule has 1 aromatic carbocycles. The zero-order valence-electron chi connectivity index (χ0n) is 11.4. The Morgan fingerprint density at radius 2 is 1.76 bits per heavy atom. The van der Waals surface area contributed by atoms with Gasteiger partial charge in [-0.2, -0.15) is 13.2 Å². The third-order valence-corrected chi connectivity index (χ3v) is 2.96. The molecular formula is C13H15F3N2O3. The molecule has 0 aliphatic carbocycles. The monoisotopic (exact) mass is 304 g/mol. The van der Waals surface area contributed by atoms with Crippen molar-refractivity contribution in [3.05, 3.63) is 35.9 Å². The topological polar surface area (TPSA) is 69.6 Å². The summed E-state index contributed by atoms with van der Waals surface area (Å²) in [5, 5.41) is 10.3. The second-order valence-corrected chi connectivity index (χ2v) is 4.70. The zero-order chi connectivity index (χ0) is 16.3. The van der Waals surface area contributed by atoms with Crippen molar-refractivity contribution in [2.75, 3.05) is 7.05 Å². The van der Waals surface area contributed by atoms with Crippen LogP contribution in [-0.2, 0) is 11.3 Å².